The van der Waals surface area contributed by atoms with Crippen LogP contribution < -0.4 is 32.8 Å². The van der Waals surface area contributed by atoms with Gasteiger partial charge in [-0.2, -0.15) is 4.39 Å². The minimum absolute atomic E-state index is 0.0190. The molecule has 1 aliphatic carbocycles. The molecule has 0 radical (unpaired) electrons. The lowest BCUT2D eigenvalue weighted by atomic mass is 9.79. The number of carbonyl (C=O) groups excluding carboxylic acids is 1. The lowest BCUT2D eigenvalue weighted by molar-refractivity contribution is -0.354. The standard InChI is InChI=1S/C22H27F2N7O/c23-14-1-3-15(4-2-14)30-16-5-8-22(13-25,9-6-16)29-12-18(21(27)32)20(26)31-17-7-10-28-19(24)11-17/h1-4,7,10-12,16,29-30H,5-6,8-9,13,25H2,(H2,27,32)(H2,26,28,31)/p+1/b18-12+. The predicted molar refractivity (Wildman–Crippen MR) is 118 cm³/mol. The van der Waals surface area contributed by atoms with Gasteiger partial charge in [-0.3, -0.25) is 10.5 Å². The number of rotatable bonds is 8. The zero-order valence-corrected chi connectivity index (χ0v) is 17.6. The van der Waals surface area contributed by atoms with Crippen LogP contribution in [0.1, 0.15) is 25.7 Å². The molecule has 3 rings (SSSR count). The zero-order chi connectivity index (χ0) is 23.1. The Morgan fingerprint density at radius 1 is 1.19 bits per heavy atom. The third kappa shape index (κ3) is 6.01. The molecule has 1 amide bonds. The van der Waals surface area contributed by atoms with Crippen LogP contribution in [0.15, 0.2) is 54.4 Å². The van der Waals surface area contributed by atoms with E-state index in [1.807, 2.05) is 0 Å². The Morgan fingerprint density at radius 3 is 2.47 bits per heavy atom. The van der Waals surface area contributed by atoms with Crippen LogP contribution in [0.2, 0.25) is 0 Å². The van der Waals surface area contributed by atoms with Gasteiger partial charge in [-0.05, 0) is 49.9 Å². The Bertz CT molecular complexity index is 1000. The minimum Gasteiger partial charge on any atom is -0.383 e. The summed E-state index contributed by atoms with van der Waals surface area (Å²) in [6.07, 6.45) is 5.88. The highest BCUT2D eigenvalue weighted by atomic mass is 19.1. The number of nitrogens with one attached hydrogen (secondary N) is 3. The van der Waals surface area contributed by atoms with E-state index in [-0.39, 0.29) is 23.3 Å². The molecule has 0 unspecified atom stereocenters. The number of hydrogen-bond donors (Lipinski definition) is 6. The van der Waals surface area contributed by atoms with Crippen molar-refractivity contribution in [2.45, 2.75) is 37.3 Å². The molecule has 0 aliphatic heterocycles. The first-order valence-electron chi connectivity index (χ1n) is 10.3. The molecule has 0 spiro atoms. The maximum atomic E-state index is 13.3. The Labute approximate surface area is 185 Å². The number of anilines is 1. The number of hydrogen-bond acceptors (Lipinski definition) is 5. The van der Waals surface area contributed by atoms with E-state index in [2.05, 4.69) is 20.6 Å². The summed E-state index contributed by atoms with van der Waals surface area (Å²) in [5, 5.41) is 6.65. The van der Waals surface area contributed by atoms with Gasteiger partial charge in [-0.1, -0.05) is 0 Å². The first-order valence-corrected chi connectivity index (χ1v) is 10.3. The van der Waals surface area contributed by atoms with Gasteiger partial charge >= 0.3 is 0 Å². The van der Waals surface area contributed by atoms with E-state index in [1.165, 1.54) is 30.6 Å². The van der Waals surface area contributed by atoms with Crippen molar-refractivity contribution >= 4 is 23.1 Å². The lowest BCUT2D eigenvalue weighted by Gasteiger charge is -2.40. The van der Waals surface area contributed by atoms with Gasteiger partial charge < -0.3 is 22.1 Å². The Balaban J connectivity index is 1.67. The SMILES string of the molecule is NCC1(N/C=C(/C(N)=O)C(N)=[NH+]c2ccnc(F)c2)CCC(Nc2ccc(F)cc2)CC1. The number of aromatic nitrogens is 1. The summed E-state index contributed by atoms with van der Waals surface area (Å²) in [6.45, 7) is 0.349. The molecule has 1 aromatic carbocycles. The number of nitrogens with two attached hydrogens (primary N) is 3. The van der Waals surface area contributed by atoms with Crippen molar-refractivity contribution in [2.75, 3.05) is 11.9 Å². The van der Waals surface area contributed by atoms with E-state index in [0.29, 0.717) is 12.2 Å². The molecule has 0 saturated heterocycles. The number of amides is 1. The molecule has 0 bridgehead atoms. The first kappa shape index (κ1) is 23.1. The van der Waals surface area contributed by atoms with Gasteiger partial charge in [0.25, 0.3) is 11.7 Å². The minimum atomic E-state index is -0.740. The topological polar surface area (TPSA) is 146 Å². The predicted octanol–water partition coefficient (Wildman–Crippen LogP) is 0.140. The van der Waals surface area contributed by atoms with Gasteiger partial charge in [0.1, 0.15) is 17.1 Å². The van der Waals surface area contributed by atoms with E-state index in [9.17, 15) is 13.6 Å². The average molecular weight is 445 g/mol. The maximum absolute atomic E-state index is 13.3. The summed E-state index contributed by atoms with van der Waals surface area (Å²) < 4.78 is 26.4. The molecule has 170 valence electrons. The number of nitrogens with zero attached hydrogens (tertiary/aromatic N) is 1. The molecular formula is C22H28F2N7O+. The number of pyridine rings is 1. The summed E-state index contributed by atoms with van der Waals surface area (Å²) in [5.74, 6) is -1.72. The molecule has 1 saturated carbocycles. The Kier molecular flexibility index (Phi) is 7.37. The van der Waals surface area contributed by atoms with Crippen LogP contribution in [-0.2, 0) is 4.79 Å². The average Bonchev–Trinajstić information content (AvgIpc) is 2.76. The smallest absolute Gasteiger partial charge is 0.285 e. The second kappa shape index (κ2) is 10.2. The van der Waals surface area contributed by atoms with Crippen LogP contribution in [0.4, 0.5) is 20.2 Å². The van der Waals surface area contributed by atoms with Crippen molar-refractivity contribution in [3.63, 3.8) is 0 Å². The molecule has 8 nitrogen and oxygen atoms in total. The monoisotopic (exact) mass is 444 g/mol. The lowest BCUT2D eigenvalue weighted by Crippen LogP contribution is -2.70. The third-order valence-electron chi connectivity index (χ3n) is 5.63. The second-order valence-electron chi connectivity index (χ2n) is 7.88. The quantitative estimate of drug-likeness (QED) is 0.148. The van der Waals surface area contributed by atoms with Crippen LogP contribution in [0.3, 0.4) is 0 Å². The van der Waals surface area contributed by atoms with Crippen LogP contribution in [0, 0.1) is 11.8 Å². The summed E-state index contributed by atoms with van der Waals surface area (Å²) in [7, 11) is 0. The van der Waals surface area contributed by atoms with Gasteiger partial charge in [0.05, 0.1) is 0 Å². The molecule has 1 aromatic heterocycles. The molecule has 1 fully saturated rings. The Hall–Kier alpha value is -3.53. The number of benzene rings is 1. The molecule has 2 aromatic rings. The van der Waals surface area contributed by atoms with Crippen LogP contribution >= 0.6 is 0 Å². The largest absolute Gasteiger partial charge is 0.383 e. The van der Waals surface area contributed by atoms with Gasteiger partial charge in [-0.15, -0.1) is 0 Å². The second-order valence-corrected chi connectivity index (χ2v) is 7.88. The van der Waals surface area contributed by atoms with Crippen LogP contribution in [0.5, 0.6) is 0 Å². The summed E-state index contributed by atoms with van der Waals surface area (Å²) in [4.78, 5) is 18.2. The normalized spacial score (nSPS) is 21.8. The van der Waals surface area contributed by atoms with E-state index in [4.69, 9.17) is 17.2 Å². The number of primary amides is 1. The molecule has 10 heteroatoms. The molecule has 1 heterocycles. The van der Waals surface area contributed by atoms with E-state index in [1.54, 1.807) is 12.1 Å². The first-order chi connectivity index (χ1) is 15.3. The van der Waals surface area contributed by atoms with Crippen molar-refractivity contribution in [1.82, 2.24) is 10.3 Å². The fourth-order valence-electron chi connectivity index (χ4n) is 3.71. The third-order valence-corrected chi connectivity index (χ3v) is 5.63. The van der Waals surface area contributed by atoms with E-state index in [0.717, 1.165) is 37.4 Å². The fraction of sp³-hybridized carbons (Fsp3) is 0.318. The highest BCUT2D eigenvalue weighted by molar-refractivity contribution is 6.17. The molecule has 0 atom stereocenters. The fourth-order valence-corrected chi connectivity index (χ4v) is 3.71. The Morgan fingerprint density at radius 2 is 1.88 bits per heavy atom. The maximum Gasteiger partial charge on any atom is 0.285 e. The van der Waals surface area contributed by atoms with Crippen molar-refractivity contribution < 1.29 is 18.6 Å². The van der Waals surface area contributed by atoms with Gasteiger partial charge in [-0.25, -0.2) is 14.4 Å². The van der Waals surface area contributed by atoms with E-state index < -0.39 is 17.4 Å². The number of amidine groups is 1. The molecule has 32 heavy (non-hydrogen) atoms. The van der Waals surface area contributed by atoms with Crippen LogP contribution in [-0.4, -0.2) is 34.9 Å². The molecular weight excluding hydrogens is 416 g/mol. The van der Waals surface area contributed by atoms with E-state index >= 15 is 0 Å². The highest BCUT2D eigenvalue weighted by Gasteiger charge is 2.34. The van der Waals surface area contributed by atoms with Gasteiger partial charge in [0.2, 0.25) is 5.95 Å². The molecule has 9 N–H and O–H groups in total. The van der Waals surface area contributed by atoms with Crippen molar-refractivity contribution in [2.24, 2.45) is 17.2 Å². The van der Waals surface area contributed by atoms with Gasteiger partial charge in [0, 0.05) is 48.3 Å². The summed E-state index contributed by atoms with van der Waals surface area (Å²) in [5.41, 5.74) is 18.4. The summed E-state index contributed by atoms with van der Waals surface area (Å²) >= 11 is 0. The van der Waals surface area contributed by atoms with Crippen molar-refractivity contribution in [1.29, 1.82) is 0 Å². The number of carbonyl (C=O) groups is 1. The highest BCUT2D eigenvalue weighted by Crippen LogP contribution is 2.30. The zero-order valence-electron chi connectivity index (χ0n) is 17.6. The number of halogens is 2. The van der Waals surface area contributed by atoms with Gasteiger partial charge in [0.15, 0.2) is 0 Å². The van der Waals surface area contributed by atoms with Crippen LogP contribution in [0.25, 0.3) is 0 Å². The summed E-state index contributed by atoms with van der Waals surface area (Å²) in [6, 6.07) is 9.14. The van der Waals surface area contributed by atoms with Crippen molar-refractivity contribution in [3.05, 3.63) is 66.1 Å². The van der Waals surface area contributed by atoms with Crippen molar-refractivity contribution in [3.8, 4) is 0 Å². The molecule has 1 aliphatic rings.